The molecule has 2 N–H and O–H groups in total. The summed E-state index contributed by atoms with van der Waals surface area (Å²) >= 11 is 0. The summed E-state index contributed by atoms with van der Waals surface area (Å²) in [7, 11) is 0. The third kappa shape index (κ3) is 4.91. The Labute approximate surface area is 95.2 Å². The summed E-state index contributed by atoms with van der Waals surface area (Å²) in [5.74, 6) is -0.0769. The van der Waals surface area contributed by atoms with Gasteiger partial charge in [0.1, 0.15) is 0 Å². The zero-order valence-electron chi connectivity index (χ0n) is 9.40. The van der Waals surface area contributed by atoms with Crippen molar-refractivity contribution >= 4 is 11.6 Å². The van der Waals surface area contributed by atoms with Crippen LogP contribution in [0.1, 0.15) is 18.9 Å². The molecule has 0 aromatic heterocycles. The molecule has 16 heavy (non-hydrogen) atoms. The van der Waals surface area contributed by atoms with Crippen molar-refractivity contribution in [1.82, 2.24) is 0 Å². The van der Waals surface area contributed by atoms with E-state index < -0.39 is 0 Å². The van der Waals surface area contributed by atoms with Crippen LogP contribution in [0.2, 0.25) is 0 Å². The van der Waals surface area contributed by atoms with E-state index in [0.29, 0.717) is 19.6 Å². The van der Waals surface area contributed by atoms with Gasteiger partial charge >= 0.3 is 0 Å². The average Bonchev–Trinajstić information content (AvgIpc) is 2.26. The van der Waals surface area contributed by atoms with Crippen molar-refractivity contribution < 1.29 is 14.6 Å². The first kappa shape index (κ1) is 12.7. The first-order valence-corrected chi connectivity index (χ1v) is 5.27. The van der Waals surface area contributed by atoms with Gasteiger partial charge in [0.2, 0.25) is 5.91 Å². The predicted octanol–water partition coefficient (Wildman–Crippen LogP) is 1.54. The van der Waals surface area contributed by atoms with E-state index >= 15 is 0 Å². The van der Waals surface area contributed by atoms with E-state index in [1.54, 1.807) is 0 Å². The van der Waals surface area contributed by atoms with Crippen molar-refractivity contribution in [2.24, 2.45) is 0 Å². The second kappa shape index (κ2) is 6.98. The van der Waals surface area contributed by atoms with Crippen LogP contribution < -0.4 is 5.32 Å². The van der Waals surface area contributed by atoms with Crippen molar-refractivity contribution in [2.45, 2.75) is 20.0 Å². The standard InChI is InChI=1S/C12H17NO3/c1-10(15)13-12-5-3-11(4-6-12)9-16-8-2-7-14/h3-6,14H,2,7-9H2,1H3,(H,13,15). The molecular formula is C12H17NO3. The normalized spacial score (nSPS) is 10.1. The van der Waals surface area contributed by atoms with Crippen LogP contribution in [-0.4, -0.2) is 24.2 Å². The largest absolute Gasteiger partial charge is 0.396 e. The fourth-order valence-electron chi connectivity index (χ4n) is 1.24. The van der Waals surface area contributed by atoms with E-state index in [4.69, 9.17) is 9.84 Å². The van der Waals surface area contributed by atoms with Crippen LogP contribution in [0.15, 0.2) is 24.3 Å². The van der Waals surface area contributed by atoms with Gasteiger partial charge in [0, 0.05) is 25.8 Å². The number of ether oxygens (including phenoxy) is 1. The van der Waals surface area contributed by atoms with Crippen LogP contribution in [0, 0.1) is 0 Å². The molecule has 1 aromatic carbocycles. The molecule has 0 heterocycles. The maximum atomic E-state index is 10.8. The van der Waals surface area contributed by atoms with E-state index in [9.17, 15) is 4.79 Å². The number of rotatable bonds is 6. The summed E-state index contributed by atoms with van der Waals surface area (Å²) in [6.07, 6.45) is 0.657. The van der Waals surface area contributed by atoms with Gasteiger partial charge in [-0.3, -0.25) is 4.79 Å². The lowest BCUT2D eigenvalue weighted by Gasteiger charge is -2.05. The third-order valence-corrected chi connectivity index (χ3v) is 1.99. The number of carbonyl (C=O) groups excluding carboxylic acids is 1. The predicted molar refractivity (Wildman–Crippen MR) is 62.1 cm³/mol. The third-order valence-electron chi connectivity index (χ3n) is 1.99. The van der Waals surface area contributed by atoms with Gasteiger partial charge in [-0.05, 0) is 24.1 Å². The number of hydrogen-bond donors (Lipinski definition) is 2. The highest BCUT2D eigenvalue weighted by molar-refractivity contribution is 5.88. The number of hydrogen-bond acceptors (Lipinski definition) is 3. The van der Waals surface area contributed by atoms with Gasteiger partial charge in [-0.1, -0.05) is 12.1 Å². The smallest absolute Gasteiger partial charge is 0.221 e. The Bertz CT molecular complexity index is 322. The van der Waals surface area contributed by atoms with E-state index in [-0.39, 0.29) is 12.5 Å². The fourth-order valence-corrected chi connectivity index (χ4v) is 1.24. The number of amides is 1. The molecule has 0 saturated carbocycles. The molecular weight excluding hydrogens is 206 g/mol. The molecule has 1 amide bonds. The molecule has 1 rings (SSSR count). The van der Waals surface area contributed by atoms with E-state index in [1.165, 1.54) is 6.92 Å². The Hall–Kier alpha value is -1.39. The van der Waals surface area contributed by atoms with Gasteiger partial charge in [0.05, 0.1) is 6.61 Å². The lowest BCUT2D eigenvalue weighted by molar-refractivity contribution is -0.114. The number of benzene rings is 1. The van der Waals surface area contributed by atoms with Gasteiger partial charge in [0.25, 0.3) is 0 Å². The summed E-state index contributed by atoms with van der Waals surface area (Å²) < 4.78 is 5.33. The van der Waals surface area contributed by atoms with Gasteiger partial charge in [-0.25, -0.2) is 0 Å². The molecule has 0 saturated heterocycles. The Morgan fingerprint density at radius 1 is 1.38 bits per heavy atom. The molecule has 4 nitrogen and oxygen atoms in total. The number of anilines is 1. The van der Waals surface area contributed by atoms with E-state index in [1.807, 2.05) is 24.3 Å². The summed E-state index contributed by atoms with van der Waals surface area (Å²) in [6, 6.07) is 7.49. The minimum absolute atomic E-state index is 0.0769. The van der Waals surface area contributed by atoms with Crippen molar-refractivity contribution in [3.8, 4) is 0 Å². The lowest BCUT2D eigenvalue weighted by Crippen LogP contribution is -2.05. The fraction of sp³-hybridized carbons (Fsp3) is 0.417. The molecule has 0 atom stereocenters. The van der Waals surface area contributed by atoms with Crippen molar-refractivity contribution in [3.05, 3.63) is 29.8 Å². The van der Waals surface area contributed by atoms with Gasteiger partial charge < -0.3 is 15.2 Å². The highest BCUT2D eigenvalue weighted by atomic mass is 16.5. The maximum absolute atomic E-state index is 10.8. The Morgan fingerprint density at radius 3 is 2.62 bits per heavy atom. The zero-order chi connectivity index (χ0) is 11.8. The molecule has 88 valence electrons. The van der Waals surface area contributed by atoms with Gasteiger partial charge in [-0.15, -0.1) is 0 Å². The zero-order valence-corrected chi connectivity index (χ0v) is 9.40. The van der Waals surface area contributed by atoms with Crippen LogP contribution in [-0.2, 0) is 16.1 Å². The van der Waals surface area contributed by atoms with Crippen LogP contribution in [0.25, 0.3) is 0 Å². The molecule has 0 aliphatic carbocycles. The molecule has 1 aromatic rings. The van der Waals surface area contributed by atoms with Crippen molar-refractivity contribution in [1.29, 1.82) is 0 Å². The second-order valence-electron chi connectivity index (χ2n) is 3.51. The average molecular weight is 223 g/mol. The van der Waals surface area contributed by atoms with E-state index in [2.05, 4.69) is 5.32 Å². The molecule has 0 spiro atoms. The number of aliphatic hydroxyl groups is 1. The highest BCUT2D eigenvalue weighted by Crippen LogP contribution is 2.10. The minimum atomic E-state index is -0.0769. The molecule has 0 aliphatic heterocycles. The molecule has 0 aliphatic rings. The first-order chi connectivity index (χ1) is 7.72. The van der Waals surface area contributed by atoms with E-state index in [0.717, 1.165) is 11.3 Å². The van der Waals surface area contributed by atoms with Crippen LogP contribution in [0.4, 0.5) is 5.69 Å². The second-order valence-corrected chi connectivity index (χ2v) is 3.51. The number of nitrogens with one attached hydrogen (secondary N) is 1. The Kier molecular flexibility index (Phi) is 5.53. The highest BCUT2D eigenvalue weighted by Gasteiger charge is 1.96. The lowest BCUT2D eigenvalue weighted by atomic mass is 10.2. The molecule has 4 heteroatoms. The SMILES string of the molecule is CC(=O)Nc1ccc(COCCCO)cc1. The molecule has 0 bridgehead atoms. The molecule has 0 radical (unpaired) electrons. The monoisotopic (exact) mass is 223 g/mol. The Balaban J connectivity index is 2.36. The number of carbonyl (C=O) groups is 1. The van der Waals surface area contributed by atoms with Crippen molar-refractivity contribution in [2.75, 3.05) is 18.5 Å². The minimum Gasteiger partial charge on any atom is -0.396 e. The quantitative estimate of drug-likeness (QED) is 0.719. The number of aliphatic hydroxyl groups excluding tert-OH is 1. The van der Waals surface area contributed by atoms with Crippen LogP contribution >= 0.6 is 0 Å². The van der Waals surface area contributed by atoms with Gasteiger partial charge in [0.15, 0.2) is 0 Å². The molecule has 0 unspecified atom stereocenters. The Morgan fingerprint density at radius 2 is 2.06 bits per heavy atom. The maximum Gasteiger partial charge on any atom is 0.221 e. The summed E-state index contributed by atoms with van der Waals surface area (Å²) in [5, 5.41) is 11.3. The topological polar surface area (TPSA) is 58.6 Å². The summed E-state index contributed by atoms with van der Waals surface area (Å²) in [5.41, 5.74) is 1.83. The van der Waals surface area contributed by atoms with Gasteiger partial charge in [-0.2, -0.15) is 0 Å². The van der Waals surface area contributed by atoms with Crippen molar-refractivity contribution in [3.63, 3.8) is 0 Å². The summed E-state index contributed by atoms with van der Waals surface area (Å²) in [4.78, 5) is 10.8. The van der Waals surface area contributed by atoms with Crippen LogP contribution in [0.5, 0.6) is 0 Å². The summed E-state index contributed by atoms with van der Waals surface area (Å²) in [6.45, 7) is 2.72. The van der Waals surface area contributed by atoms with Crippen LogP contribution in [0.3, 0.4) is 0 Å². The molecule has 0 fully saturated rings. The first-order valence-electron chi connectivity index (χ1n) is 5.27.